The molecule has 1 aliphatic heterocycles. The van der Waals surface area contributed by atoms with Crippen LogP contribution in [0.15, 0.2) is 6.20 Å². The fraction of sp³-hybridized carbons (Fsp3) is 0.733. The van der Waals surface area contributed by atoms with Crippen LogP contribution < -0.4 is 5.32 Å². The van der Waals surface area contributed by atoms with Gasteiger partial charge in [-0.3, -0.25) is 0 Å². The van der Waals surface area contributed by atoms with E-state index in [2.05, 4.69) is 24.1 Å². The van der Waals surface area contributed by atoms with Crippen molar-refractivity contribution in [3.63, 3.8) is 0 Å². The van der Waals surface area contributed by atoms with Crippen LogP contribution in [-0.4, -0.2) is 41.2 Å². The maximum absolute atomic E-state index is 12.2. The first-order valence-corrected chi connectivity index (χ1v) is 8.25. The number of amides is 1. The van der Waals surface area contributed by atoms with Gasteiger partial charge in [-0.05, 0) is 20.8 Å². The molecular weight excluding hydrogens is 286 g/mol. The summed E-state index contributed by atoms with van der Waals surface area (Å²) in [5.41, 5.74) is -0.452. The lowest BCUT2D eigenvalue weighted by Crippen LogP contribution is -2.49. The van der Waals surface area contributed by atoms with Gasteiger partial charge in [-0.2, -0.15) is 0 Å². The number of carbonyl (C=O) groups is 1. The third-order valence-corrected chi connectivity index (χ3v) is 4.62. The van der Waals surface area contributed by atoms with Gasteiger partial charge in [-0.1, -0.05) is 13.8 Å². The van der Waals surface area contributed by atoms with Crippen molar-refractivity contribution in [3.05, 3.63) is 16.1 Å². The lowest BCUT2D eigenvalue weighted by Gasteiger charge is -2.34. The number of thiazole rings is 1. The largest absolute Gasteiger partial charge is 0.444 e. The summed E-state index contributed by atoms with van der Waals surface area (Å²) < 4.78 is 5.45. The van der Waals surface area contributed by atoms with Gasteiger partial charge >= 0.3 is 6.09 Å². The normalized spacial score (nSPS) is 19.9. The van der Waals surface area contributed by atoms with Crippen LogP contribution in [0.25, 0.3) is 0 Å². The van der Waals surface area contributed by atoms with Crippen LogP contribution in [0.5, 0.6) is 0 Å². The van der Waals surface area contributed by atoms with Crippen molar-refractivity contribution < 1.29 is 9.53 Å². The van der Waals surface area contributed by atoms with Gasteiger partial charge in [0, 0.05) is 36.6 Å². The summed E-state index contributed by atoms with van der Waals surface area (Å²) in [7, 11) is 0. The SMILES string of the molecule is CC(C)c1ncc(C2CN(C(=O)OC(C)(C)C)CCN2)s1. The van der Waals surface area contributed by atoms with Crippen molar-refractivity contribution in [2.75, 3.05) is 19.6 Å². The lowest BCUT2D eigenvalue weighted by atomic mass is 10.2. The maximum Gasteiger partial charge on any atom is 0.410 e. The van der Waals surface area contributed by atoms with Crippen molar-refractivity contribution in [2.45, 2.75) is 52.2 Å². The van der Waals surface area contributed by atoms with Crippen LogP contribution in [0.2, 0.25) is 0 Å². The first kappa shape index (κ1) is 16.2. The predicted octanol–water partition coefficient (Wildman–Crippen LogP) is 3.15. The van der Waals surface area contributed by atoms with Gasteiger partial charge in [0.2, 0.25) is 0 Å². The van der Waals surface area contributed by atoms with E-state index in [1.54, 1.807) is 16.2 Å². The minimum absolute atomic E-state index is 0.149. The number of nitrogens with one attached hydrogen (secondary N) is 1. The Hall–Kier alpha value is -1.14. The molecule has 21 heavy (non-hydrogen) atoms. The smallest absolute Gasteiger partial charge is 0.410 e. The first-order valence-electron chi connectivity index (χ1n) is 7.43. The van der Waals surface area contributed by atoms with Crippen LogP contribution >= 0.6 is 11.3 Å². The predicted molar refractivity (Wildman–Crippen MR) is 84.8 cm³/mol. The second-order valence-corrected chi connectivity index (χ2v) is 7.78. The summed E-state index contributed by atoms with van der Waals surface area (Å²) in [6.07, 6.45) is 1.69. The van der Waals surface area contributed by atoms with E-state index < -0.39 is 5.60 Å². The Labute approximate surface area is 130 Å². The molecule has 1 atom stereocenters. The van der Waals surface area contributed by atoms with Gasteiger partial charge in [-0.25, -0.2) is 9.78 Å². The lowest BCUT2D eigenvalue weighted by molar-refractivity contribution is 0.0196. The fourth-order valence-corrected chi connectivity index (χ4v) is 3.15. The molecule has 1 unspecified atom stereocenters. The highest BCUT2D eigenvalue weighted by molar-refractivity contribution is 7.11. The quantitative estimate of drug-likeness (QED) is 0.911. The molecule has 0 saturated carbocycles. The Morgan fingerprint density at radius 2 is 2.24 bits per heavy atom. The molecule has 0 bridgehead atoms. The van der Waals surface area contributed by atoms with Crippen molar-refractivity contribution in [1.29, 1.82) is 0 Å². The van der Waals surface area contributed by atoms with Crippen LogP contribution in [0.3, 0.4) is 0 Å². The number of aromatic nitrogens is 1. The monoisotopic (exact) mass is 311 g/mol. The zero-order chi connectivity index (χ0) is 15.6. The van der Waals surface area contributed by atoms with Crippen molar-refractivity contribution in [1.82, 2.24) is 15.2 Å². The molecule has 1 amide bonds. The number of ether oxygens (including phenoxy) is 1. The van der Waals surface area contributed by atoms with E-state index in [-0.39, 0.29) is 12.1 Å². The summed E-state index contributed by atoms with van der Waals surface area (Å²) in [6, 6.07) is 0.149. The van der Waals surface area contributed by atoms with E-state index in [1.165, 1.54) is 4.88 Å². The summed E-state index contributed by atoms with van der Waals surface area (Å²) in [5.74, 6) is 0.439. The van der Waals surface area contributed by atoms with E-state index >= 15 is 0 Å². The summed E-state index contributed by atoms with van der Waals surface area (Å²) in [5, 5.41) is 4.60. The molecule has 0 aliphatic carbocycles. The summed E-state index contributed by atoms with van der Waals surface area (Å²) in [4.78, 5) is 19.6. The second-order valence-electron chi connectivity index (χ2n) is 6.69. The average molecular weight is 311 g/mol. The average Bonchev–Trinajstić information content (AvgIpc) is 2.86. The van der Waals surface area contributed by atoms with Gasteiger partial charge in [-0.15, -0.1) is 11.3 Å². The highest BCUT2D eigenvalue weighted by Gasteiger charge is 2.29. The molecule has 2 heterocycles. The Morgan fingerprint density at radius 3 is 2.81 bits per heavy atom. The van der Waals surface area contributed by atoms with Crippen molar-refractivity contribution in [2.24, 2.45) is 0 Å². The molecule has 2 rings (SSSR count). The minimum atomic E-state index is -0.452. The van der Waals surface area contributed by atoms with Crippen molar-refractivity contribution in [3.8, 4) is 0 Å². The molecule has 6 heteroatoms. The summed E-state index contributed by atoms with van der Waals surface area (Å²) >= 11 is 1.72. The number of hydrogen-bond acceptors (Lipinski definition) is 5. The molecule has 1 aliphatic rings. The van der Waals surface area contributed by atoms with Crippen LogP contribution in [0.4, 0.5) is 4.79 Å². The van der Waals surface area contributed by atoms with Gasteiger partial charge in [0.15, 0.2) is 0 Å². The molecule has 1 aromatic heterocycles. The van der Waals surface area contributed by atoms with Crippen LogP contribution in [0.1, 0.15) is 56.5 Å². The van der Waals surface area contributed by atoms with E-state index in [0.29, 0.717) is 19.0 Å². The zero-order valence-electron chi connectivity index (χ0n) is 13.5. The van der Waals surface area contributed by atoms with Gasteiger partial charge < -0.3 is 15.0 Å². The third kappa shape index (κ3) is 4.41. The third-order valence-electron chi connectivity index (χ3n) is 3.21. The van der Waals surface area contributed by atoms with Crippen molar-refractivity contribution >= 4 is 17.4 Å². The second kappa shape index (κ2) is 6.32. The Kier molecular flexibility index (Phi) is 4.88. The number of nitrogens with zero attached hydrogens (tertiary/aromatic N) is 2. The topological polar surface area (TPSA) is 54.5 Å². The molecule has 1 saturated heterocycles. The minimum Gasteiger partial charge on any atom is -0.444 e. The summed E-state index contributed by atoms with van der Waals surface area (Å²) in [6.45, 7) is 12.1. The Morgan fingerprint density at radius 1 is 1.52 bits per heavy atom. The highest BCUT2D eigenvalue weighted by atomic mass is 32.1. The van der Waals surface area contributed by atoms with E-state index in [1.807, 2.05) is 27.0 Å². The molecule has 118 valence electrons. The molecule has 0 aromatic carbocycles. The number of piperazine rings is 1. The molecule has 1 fully saturated rings. The number of rotatable bonds is 2. The van der Waals surface area contributed by atoms with E-state index in [9.17, 15) is 4.79 Å². The van der Waals surface area contributed by atoms with Gasteiger partial charge in [0.25, 0.3) is 0 Å². The molecule has 0 radical (unpaired) electrons. The first-order chi connectivity index (χ1) is 9.76. The van der Waals surface area contributed by atoms with E-state index in [4.69, 9.17) is 4.74 Å². The molecule has 0 spiro atoms. The maximum atomic E-state index is 12.2. The van der Waals surface area contributed by atoms with Gasteiger partial charge in [0.1, 0.15) is 5.60 Å². The molecule has 1 aromatic rings. The molecule has 1 N–H and O–H groups in total. The number of carbonyl (C=O) groups excluding carboxylic acids is 1. The molecule has 5 nitrogen and oxygen atoms in total. The Bertz CT molecular complexity index is 493. The van der Waals surface area contributed by atoms with Crippen LogP contribution in [-0.2, 0) is 4.74 Å². The standard InChI is InChI=1S/C15H25N3O2S/c1-10(2)13-17-8-12(21-13)11-9-18(7-6-16-11)14(19)20-15(3,4)5/h8,10-11,16H,6-7,9H2,1-5H3. The fourth-order valence-electron chi connectivity index (χ4n) is 2.16. The van der Waals surface area contributed by atoms with E-state index in [0.717, 1.165) is 11.6 Å². The zero-order valence-corrected chi connectivity index (χ0v) is 14.3. The Balaban J connectivity index is 2.01. The molecular formula is C15H25N3O2S. The van der Waals surface area contributed by atoms with Gasteiger partial charge in [0.05, 0.1) is 11.0 Å². The van der Waals surface area contributed by atoms with Crippen LogP contribution in [0, 0.1) is 0 Å². The highest BCUT2D eigenvalue weighted by Crippen LogP contribution is 2.27. The number of hydrogen-bond donors (Lipinski definition) is 1.